The zero-order valence-electron chi connectivity index (χ0n) is 16.5. The van der Waals surface area contributed by atoms with Crippen LogP contribution in [0.3, 0.4) is 0 Å². The molecule has 0 fully saturated rings. The van der Waals surface area contributed by atoms with Crippen LogP contribution in [0.5, 0.6) is 0 Å². The van der Waals surface area contributed by atoms with E-state index in [4.69, 9.17) is 9.97 Å². The van der Waals surface area contributed by atoms with Gasteiger partial charge in [0.15, 0.2) is 5.82 Å². The van der Waals surface area contributed by atoms with Crippen LogP contribution in [-0.4, -0.2) is 24.7 Å². The summed E-state index contributed by atoms with van der Waals surface area (Å²) in [6.45, 7) is 6.42. The lowest BCUT2D eigenvalue weighted by Gasteiger charge is -2.21. The molecule has 1 aliphatic rings. The van der Waals surface area contributed by atoms with Gasteiger partial charge < -0.3 is 5.32 Å². The van der Waals surface area contributed by atoms with Crippen molar-refractivity contribution in [1.29, 1.82) is 0 Å². The number of hydrogen-bond donors (Lipinski definition) is 1. The number of hydrogen-bond acceptors (Lipinski definition) is 5. The number of fused-ring (bicyclic) bond motifs is 1. The fraction of sp³-hybridized carbons (Fsp3) is 0.429. The third kappa shape index (κ3) is 3.20. The molecule has 3 heterocycles. The molecule has 0 saturated carbocycles. The van der Waals surface area contributed by atoms with E-state index in [1.165, 1.54) is 22.5 Å². The van der Waals surface area contributed by atoms with E-state index in [9.17, 15) is 0 Å². The van der Waals surface area contributed by atoms with Gasteiger partial charge in [-0.2, -0.15) is 5.10 Å². The summed E-state index contributed by atoms with van der Waals surface area (Å²) in [6.07, 6.45) is 7.74. The summed E-state index contributed by atoms with van der Waals surface area (Å²) in [7, 11) is 2.00. The van der Waals surface area contributed by atoms with Crippen molar-refractivity contribution in [2.24, 2.45) is 7.05 Å². The zero-order valence-corrected chi connectivity index (χ0v) is 16.5. The second-order valence-electron chi connectivity index (χ2n) is 7.22. The van der Waals surface area contributed by atoms with Crippen LogP contribution in [0.2, 0.25) is 0 Å². The van der Waals surface area contributed by atoms with Crippen molar-refractivity contribution in [2.75, 3.05) is 5.32 Å². The Balaban J connectivity index is 1.75. The number of nitrogens with zero attached hydrogens (tertiary/aromatic N) is 5. The summed E-state index contributed by atoms with van der Waals surface area (Å²) in [6, 6.07) is 4.11. The maximum Gasteiger partial charge on any atom is 0.161 e. The van der Waals surface area contributed by atoms with Crippen molar-refractivity contribution >= 4 is 5.82 Å². The smallest absolute Gasteiger partial charge is 0.161 e. The predicted molar refractivity (Wildman–Crippen MR) is 107 cm³/mol. The number of aryl methyl sites for hydroxylation is 3. The lowest BCUT2D eigenvalue weighted by Crippen LogP contribution is -2.15. The average Bonchev–Trinajstić information content (AvgIpc) is 3.25. The van der Waals surface area contributed by atoms with Gasteiger partial charge in [-0.05, 0) is 51.7 Å². The first kappa shape index (κ1) is 17.6. The molecule has 0 amide bonds. The Kier molecular flexibility index (Phi) is 4.64. The largest absolute Gasteiger partial charge is 0.363 e. The molecule has 1 N–H and O–H groups in total. The quantitative estimate of drug-likeness (QED) is 0.744. The Morgan fingerprint density at radius 1 is 1.15 bits per heavy atom. The van der Waals surface area contributed by atoms with Crippen molar-refractivity contribution in [3.05, 3.63) is 52.7 Å². The molecule has 0 bridgehead atoms. The molecule has 140 valence electrons. The maximum atomic E-state index is 4.92. The molecule has 0 spiro atoms. The second-order valence-corrected chi connectivity index (χ2v) is 7.22. The highest BCUT2D eigenvalue weighted by molar-refractivity contribution is 5.60. The fourth-order valence-electron chi connectivity index (χ4n) is 4.02. The molecular weight excluding hydrogens is 336 g/mol. The monoisotopic (exact) mass is 362 g/mol. The van der Waals surface area contributed by atoms with Gasteiger partial charge >= 0.3 is 0 Å². The molecule has 4 rings (SSSR count). The van der Waals surface area contributed by atoms with Gasteiger partial charge in [0.05, 0.1) is 11.7 Å². The highest BCUT2D eigenvalue weighted by Gasteiger charge is 2.24. The summed E-state index contributed by atoms with van der Waals surface area (Å²) in [5, 5.41) is 8.33. The van der Waals surface area contributed by atoms with Gasteiger partial charge in [0.1, 0.15) is 5.82 Å². The van der Waals surface area contributed by atoms with Crippen molar-refractivity contribution in [3.8, 4) is 11.4 Å². The van der Waals surface area contributed by atoms with Gasteiger partial charge in [-0.3, -0.25) is 9.67 Å². The summed E-state index contributed by atoms with van der Waals surface area (Å²) >= 11 is 0. The normalized spacial score (nSPS) is 14.2. The van der Waals surface area contributed by atoms with Crippen LogP contribution in [-0.2, 0) is 19.9 Å². The van der Waals surface area contributed by atoms with Crippen LogP contribution in [0.4, 0.5) is 5.82 Å². The molecule has 3 aromatic heterocycles. The Morgan fingerprint density at radius 3 is 2.59 bits per heavy atom. The van der Waals surface area contributed by atoms with Crippen LogP contribution in [0.15, 0.2) is 24.5 Å². The van der Waals surface area contributed by atoms with Gasteiger partial charge in [-0.25, -0.2) is 9.97 Å². The van der Waals surface area contributed by atoms with E-state index in [0.717, 1.165) is 48.6 Å². The Hall–Kier alpha value is -2.76. The lowest BCUT2D eigenvalue weighted by atomic mass is 10.0. The van der Waals surface area contributed by atoms with Crippen molar-refractivity contribution in [3.63, 3.8) is 0 Å². The third-order valence-electron chi connectivity index (χ3n) is 5.50. The Morgan fingerprint density at radius 2 is 1.93 bits per heavy atom. The van der Waals surface area contributed by atoms with Gasteiger partial charge in [-0.1, -0.05) is 6.92 Å². The van der Waals surface area contributed by atoms with E-state index in [0.29, 0.717) is 0 Å². The van der Waals surface area contributed by atoms with Gasteiger partial charge in [0.2, 0.25) is 0 Å². The minimum Gasteiger partial charge on any atom is -0.363 e. The van der Waals surface area contributed by atoms with E-state index >= 15 is 0 Å². The predicted octanol–water partition coefficient (Wildman–Crippen LogP) is 3.94. The van der Waals surface area contributed by atoms with Crippen LogP contribution in [0, 0.1) is 13.8 Å². The molecule has 6 heteroatoms. The Labute approximate surface area is 160 Å². The van der Waals surface area contributed by atoms with Gasteiger partial charge in [-0.15, -0.1) is 0 Å². The van der Waals surface area contributed by atoms with Crippen LogP contribution < -0.4 is 5.32 Å². The summed E-state index contributed by atoms with van der Waals surface area (Å²) in [5.41, 5.74) is 7.00. The maximum absolute atomic E-state index is 4.92. The molecule has 0 radical (unpaired) electrons. The first-order chi connectivity index (χ1) is 13.1. The van der Waals surface area contributed by atoms with Crippen molar-refractivity contribution in [1.82, 2.24) is 24.7 Å². The van der Waals surface area contributed by atoms with Crippen LogP contribution >= 0.6 is 0 Å². The van der Waals surface area contributed by atoms with E-state index in [-0.39, 0.29) is 6.04 Å². The summed E-state index contributed by atoms with van der Waals surface area (Å²) in [4.78, 5) is 13.9. The zero-order chi connectivity index (χ0) is 19.0. The van der Waals surface area contributed by atoms with E-state index < -0.39 is 0 Å². The molecule has 6 nitrogen and oxygen atoms in total. The molecule has 0 aliphatic heterocycles. The number of anilines is 1. The third-order valence-corrected chi connectivity index (χ3v) is 5.50. The molecule has 1 unspecified atom stereocenters. The standard InChI is InChI=1S/C21H26N6/c1-5-17(19-13(2)26-27(4)14(19)3)23-21-16-7-6-8-18(16)24-20(25-21)15-9-11-22-12-10-15/h9-12,17H,5-8H2,1-4H3,(H,23,24,25). The minimum absolute atomic E-state index is 0.184. The highest BCUT2D eigenvalue weighted by Crippen LogP contribution is 2.33. The molecular formula is C21H26N6. The Bertz CT molecular complexity index is 961. The number of pyridine rings is 1. The highest BCUT2D eigenvalue weighted by atomic mass is 15.3. The topological polar surface area (TPSA) is 68.5 Å². The average molecular weight is 362 g/mol. The first-order valence-electron chi connectivity index (χ1n) is 9.65. The molecule has 0 saturated heterocycles. The molecule has 1 atom stereocenters. The minimum atomic E-state index is 0.184. The SMILES string of the molecule is CCC(Nc1nc(-c2ccncc2)nc2c1CCC2)c1c(C)nn(C)c1C. The lowest BCUT2D eigenvalue weighted by molar-refractivity contribution is 0.713. The van der Waals surface area contributed by atoms with Crippen LogP contribution in [0.1, 0.15) is 54.0 Å². The number of nitrogens with one attached hydrogen (secondary N) is 1. The second kappa shape index (κ2) is 7.10. The molecule has 3 aromatic rings. The fourth-order valence-corrected chi connectivity index (χ4v) is 4.02. The first-order valence-corrected chi connectivity index (χ1v) is 9.65. The van der Waals surface area contributed by atoms with Crippen LogP contribution in [0.25, 0.3) is 11.4 Å². The van der Waals surface area contributed by atoms with Gasteiger partial charge in [0, 0.05) is 47.5 Å². The molecule has 27 heavy (non-hydrogen) atoms. The van der Waals surface area contributed by atoms with E-state index in [1.807, 2.05) is 23.9 Å². The number of aromatic nitrogens is 5. The van der Waals surface area contributed by atoms with Crippen molar-refractivity contribution < 1.29 is 0 Å². The number of rotatable bonds is 5. The van der Waals surface area contributed by atoms with E-state index in [1.54, 1.807) is 12.4 Å². The van der Waals surface area contributed by atoms with Gasteiger partial charge in [0.25, 0.3) is 0 Å². The molecule has 1 aliphatic carbocycles. The summed E-state index contributed by atoms with van der Waals surface area (Å²) in [5.74, 6) is 1.74. The summed E-state index contributed by atoms with van der Waals surface area (Å²) < 4.78 is 1.96. The van der Waals surface area contributed by atoms with E-state index in [2.05, 4.69) is 36.2 Å². The molecule has 0 aromatic carbocycles. The van der Waals surface area contributed by atoms with Crippen molar-refractivity contribution in [2.45, 2.75) is 52.5 Å².